The molecule has 0 fully saturated rings. The van der Waals surface area contributed by atoms with Crippen molar-refractivity contribution in [2.75, 3.05) is 0 Å². The summed E-state index contributed by atoms with van der Waals surface area (Å²) in [5.41, 5.74) is 5.26. The second-order valence-electron chi connectivity index (χ2n) is 6.43. The van der Waals surface area contributed by atoms with E-state index in [4.69, 9.17) is 0 Å². The van der Waals surface area contributed by atoms with Gasteiger partial charge in [-0.3, -0.25) is 0 Å². The zero-order chi connectivity index (χ0) is 15.1. The third-order valence-electron chi connectivity index (χ3n) is 3.65. The lowest BCUT2D eigenvalue weighted by atomic mass is 9.88. The van der Waals surface area contributed by atoms with Crippen LogP contribution in [0.4, 0.5) is 0 Å². The van der Waals surface area contributed by atoms with Crippen molar-refractivity contribution in [3.05, 3.63) is 45.0 Å². The van der Waals surface area contributed by atoms with Crippen LogP contribution in [0.5, 0.6) is 0 Å². The predicted molar refractivity (Wildman–Crippen MR) is 83.3 cm³/mol. The average Bonchev–Trinajstić information content (AvgIpc) is 2.81. The number of aryl methyl sites for hydroxylation is 3. The van der Waals surface area contributed by atoms with Crippen LogP contribution in [-0.2, 0) is 5.41 Å². The Morgan fingerprint density at radius 1 is 1.05 bits per heavy atom. The number of hydrogen-bond donors (Lipinski definition) is 1. The molecule has 3 nitrogen and oxygen atoms in total. The minimum absolute atomic E-state index is 0.114. The second-order valence-corrected chi connectivity index (χ2v) is 7.22. The first-order valence-corrected chi connectivity index (χ1v) is 7.57. The van der Waals surface area contributed by atoms with Crippen molar-refractivity contribution in [2.24, 2.45) is 0 Å². The molecule has 1 atom stereocenters. The number of hydrogen-bond acceptors (Lipinski definition) is 4. The topological polar surface area (TPSA) is 46.0 Å². The molecule has 1 aromatic heterocycles. The first-order chi connectivity index (χ1) is 9.21. The number of aliphatic hydroxyl groups excluding tert-OH is 1. The van der Waals surface area contributed by atoms with E-state index >= 15 is 0 Å². The molecule has 0 saturated heterocycles. The molecule has 0 aliphatic heterocycles. The molecule has 1 N–H and O–H groups in total. The van der Waals surface area contributed by atoms with Crippen LogP contribution in [-0.4, -0.2) is 14.7 Å². The maximum atomic E-state index is 10.8. The van der Waals surface area contributed by atoms with Gasteiger partial charge in [-0.05, 0) is 54.6 Å². The number of rotatable bonds is 2. The van der Waals surface area contributed by atoms with Crippen molar-refractivity contribution < 1.29 is 5.11 Å². The molecule has 4 heteroatoms. The van der Waals surface area contributed by atoms with Gasteiger partial charge in [0.2, 0.25) is 0 Å². The fraction of sp³-hybridized carbons (Fsp3) is 0.500. The summed E-state index contributed by atoms with van der Waals surface area (Å²) in [6.45, 7) is 12.5. The summed E-state index contributed by atoms with van der Waals surface area (Å²) in [6, 6.07) is 4.20. The summed E-state index contributed by atoms with van der Waals surface area (Å²) >= 11 is 1.29. The van der Waals surface area contributed by atoms with E-state index in [9.17, 15) is 5.11 Å². The van der Waals surface area contributed by atoms with Gasteiger partial charge in [0, 0.05) is 5.41 Å². The highest BCUT2D eigenvalue weighted by atomic mass is 32.1. The van der Waals surface area contributed by atoms with Gasteiger partial charge in [-0.25, -0.2) is 0 Å². The van der Waals surface area contributed by atoms with E-state index in [1.807, 2.05) is 6.92 Å². The molecule has 0 spiro atoms. The number of aliphatic hydroxyl groups is 1. The van der Waals surface area contributed by atoms with Crippen molar-refractivity contribution in [1.29, 1.82) is 0 Å². The Kier molecular flexibility index (Phi) is 3.98. The molecular weight excluding hydrogens is 268 g/mol. The summed E-state index contributed by atoms with van der Waals surface area (Å²) < 4.78 is 4.04. The van der Waals surface area contributed by atoms with Gasteiger partial charge >= 0.3 is 0 Å². The van der Waals surface area contributed by atoms with Crippen LogP contribution in [0.2, 0.25) is 0 Å². The van der Waals surface area contributed by atoms with Crippen molar-refractivity contribution in [1.82, 2.24) is 9.59 Å². The monoisotopic (exact) mass is 290 g/mol. The highest BCUT2D eigenvalue weighted by molar-refractivity contribution is 7.05. The fourth-order valence-corrected chi connectivity index (χ4v) is 3.19. The summed E-state index contributed by atoms with van der Waals surface area (Å²) in [6.07, 6.45) is -0.650. The molecule has 0 aliphatic carbocycles. The minimum atomic E-state index is -0.650. The normalized spacial score (nSPS) is 13.6. The third-order valence-corrected chi connectivity index (χ3v) is 4.43. The lowest BCUT2D eigenvalue weighted by molar-refractivity contribution is 0.220. The standard InChI is InChI=1S/C16H22N2OS/c1-9-7-11(3)12(8-10(9)2)13(19)14-15(16(4,5)6)17-18-20-14/h7-8,13,19H,1-6H3. The van der Waals surface area contributed by atoms with Gasteiger partial charge in [-0.15, -0.1) is 5.10 Å². The maximum absolute atomic E-state index is 10.8. The van der Waals surface area contributed by atoms with Gasteiger partial charge in [-0.1, -0.05) is 37.4 Å². The molecule has 108 valence electrons. The Labute approximate surface area is 124 Å². The van der Waals surface area contributed by atoms with Crippen LogP contribution < -0.4 is 0 Å². The van der Waals surface area contributed by atoms with Gasteiger partial charge < -0.3 is 5.11 Å². The third kappa shape index (κ3) is 2.76. The first kappa shape index (κ1) is 15.1. The minimum Gasteiger partial charge on any atom is -0.383 e. The van der Waals surface area contributed by atoms with Crippen LogP contribution in [0.15, 0.2) is 12.1 Å². The fourth-order valence-electron chi connectivity index (χ4n) is 2.32. The lowest BCUT2D eigenvalue weighted by Crippen LogP contribution is -2.16. The highest BCUT2D eigenvalue weighted by Gasteiger charge is 2.27. The van der Waals surface area contributed by atoms with E-state index in [0.717, 1.165) is 21.7 Å². The number of nitrogens with zero attached hydrogens (tertiary/aromatic N) is 2. The molecule has 0 bridgehead atoms. The van der Waals surface area contributed by atoms with E-state index in [2.05, 4.69) is 56.3 Å². The summed E-state index contributed by atoms with van der Waals surface area (Å²) in [5, 5.41) is 15.0. The Balaban J connectivity index is 2.50. The summed E-state index contributed by atoms with van der Waals surface area (Å²) in [4.78, 5) is 0.851. The molecule has 0 saturated carbocycles. The van der Waals surface area contributed by atoms with E-state index < -0.39 is 6.10 Å². The van der Waals surface area contributed by atoms with E-state index in [0.29, 0.717) is 0 Å². The molecule has 0 aliphatic rings. The van der Waals surface area contributed by atoms with Crippen molar-refractivity contribution in [3.63, 3.8) is 0 Å². The van der Waals surface area contributed by atoms with Gasteiger partial charge in [0.1, 0.15) is 6.10 Å². The summed E-state index contributed by atoms with van der Waals surface area (Å²) in [5.74, 6) is 0. The molecule has 0 radical (unpaired) electrons. The van der Waals surface area contributed by atoms with E-state index in [1.165, 1.54) is 22.7 Å². The average molecular weight is 290 g/mol. The number of benzene rings is 1. The molecule has 2 rings (SSSR count). The maximum Gasteiger partial charge on any atom is 0.117 e. The largest absolute Gasteiger partial charge is 0.383 e. The molecular formula is C16H22N2OS. The van der Waals surface area contributed by atoms with Gasteiger partial charge in [-0.2, -0.15) is 0 Å². The van der Waals surface area contributed by atoms with Crippen LogP contribution in [0.1, 0.15) is 59.7 Å². The Hall–Kier alpha value is -1.26. The highest BCUT2D eigenvalue weighted by Crippen LogP contribution is 2.35. The first-order valence-electron chi connectivity index (χ1n) is 6.80. The molecule has 20 heavy (non-hydrogen) atoms. The Bertz CT molecular complexity index is 626. The van der Waals surface area contributed by atoms with Gasteiger partial charge in [0.05, 0.1) is 10.6 Å². The Morgan fingerprint density at radius 2 is 1.65 bits per heavy atom. The molecule has 0 amide bonds. The van der Waals surface area contributed by atoms with Crippen LogP contribution in [0, 0.1) is 20.8 Å². The molecule has 1 heterocycles. The van der Waals surface area contributed by atoms with Gasteiger partial charge in [0.15, 0.2) is 0 Å². The van der Waals surface area contributed by atoms with E-state index in [-0.39, 0.29) is 5.41 Å². The van der Waals surface area contributed by atoms with E-state index in [1.54, 1.807) is 0 Å². The Morgan fingerprint density at radius 3 is 2.25 bits per heavy atom. The van der Waals surface area contributed by atoms with Crippen LogP contribution in [0.3, 0.4) is 0 Å². The van der Waals surface area contributed by atoms with Crippen molar-refractivity contribution in [2.45, 2.75) is 53.1 Å². The molecule has 1 aromatic carbocycles. The zero-order valence-electron chi connectivity index (χ0n) is 13.0. The SMILES string of the molecule is Cc1cc(C)c(C(O)c2snnc2C(C)(C)C)cc1C. The van der Waals surface area contributed by atoms with Crippen molar-refractivity contribution in [3.8, 4) is 0 Å². The lowest BCUT2D eigenvalue weighted by Gasteiger charge is -2.20. The molecule has 2 aromatic rings. The quantitative estimate of drug-likeness (QED) is 0.914. The predicted octanol–water partition coefficient (Wildman–Crippen LogP) is 3.84. The second kappa shape index (κ2) is 5.26. The number of aromatic nitrogens is 2. The van der Waals surface area contributed by atoms with Crippen LogP contribution in [0.25, 0.3) is 0 Å². The van der Waals surface area contributed by atoms with Gasteiger partial charge in [0.25, 0.3) is 0 Å². The zero-order valence-corrected chi connectivity index (χ0v) is 13.8. The smallest absolute Gasteiger partial charge is 0.117 e. The molecule has 1 unspecified atom stereocenters. The van der Waals surface area contributed by atoms with Crippen LogP contribution >= 0.6 is 11.5 Å². The van der Waals surface area contributed by atoms with Crippen molar-refractivity contribution >= 4 is 11.5 Å². The summed E-state index contributed by atoms with van der Waals surface area (Å²) in [7, 11) is 0.